The van der Waals surface area contributed by atoms with Crippen molar-refractivity contribution in [2.75, 3.05) is 6.54 Å². The van der Waals surface area contributed by atoms with Gasteiger partial charge in [-0.2, -0.15) is 0 Å². The highest BCUT2D eigenvalue weighted by Crippen LogP contribution is 2.19. The highest BCUT2D eigenvalue weighted by Gasteiger charge is 2.22. The minimum Gasteiger partial charge on any atom is -0.508 e. The SMILES string of the molecule is CCCNC1CCC(NC(=O)c2ccc(O)cc2)CC1. The molecule has 0 aromatic heterocycles. The number of carbonyl (C=O) groups excluding carboxylic acids is 1. The van der Waals surface area contributed by atoms with Gasteiger partial charge in [0.15, 0.2) is 0 Å². The van der Waals surface area contributed by atoms with Gasteiger partial charge in [-0.1, -0.05) is 6.92 Å². The molecule has 0 radical (unpaired) electrons. The molecule has 1 amide bonds. The molecule has 1 aliphatic rings. The molecule has 4 nitrogen and oxygen atoms in total. The summed E-state index contributed by atoms with van der Waals surface area (Å²) in [4.78, 5) is 12.1. The maximum absolute atomic E-state index is 12.1. The Labute approximate surface area is 120 Å². The molecule has 20 heavy (non-hydrogen) atoms. The Kier molecular flexibility index (Phi) is 5.41. The molecule has 0 heterocycles. The van der Waals surface area contributed by atoms with Crippen molar-refractivity contribution in [3.8, 4) is 5.75 Å². The number of carbonyl (C=O) groups is 1. The molecule has 4 heteroatoms. The Morgan fingerprint density at radius 1 is 1.15 bits per heavy atom. The van der Waals surface area contributed by atoms with Crippen molar-refractivity contribution in [2.45, 2.75) is 51.1 Å². The van der Waals surface area contributed by atoms with Gasteiger partial charge in [-0.15, -0.1) is 0 Å². The summed E-state index contributed by atoms with van der Waals surface area (Å²) in [6, 6.07) is 7.27. The number of phenolic OH excluding ortho intramolecular Hbond substituents is 1. The van der Waals surface area contributed by atoms with E-state index in [4.69, 9.17) is 0 Å². The molecule has 1 saturated carbocycles. The van der Waals surface area contributed by atoms with Gasteiger partial charge >= 0.3 is 0 Å². The number of amides is 1. The van der Waals surface area contributed by atoms with Crippen LogP contribution in [0.4, 0.5) is 0 Å². The van der Waals surface area contributed by atoms with Gasteiger partial charge < -0.3 is 15.7 Å². The normalized spacial score (nSPS) is 22.4. The molecule has 3 N–H and O–H groups in total. The van der Waals surface area contributed by atoms with E-state index in [1.807, 2.05) is 0 Å². The zero-order valence-corrected chi connectivity index (χ0v) is 12.1. The molecular weight excluding hydrogens is 252 g/mol. The second-order valence-corrected chi connectivity index (χ2v) is 5.52. The standard InChI is InChI=1S/C16H24N2O2/c1-2-11-17-13-5-7-14(8-6-13)18-16(20)12-3-9-15(19)10-4-12/h3-4,9-10,13-14,17,19H,2,5-8,11H2,1H3,(H,18,20). The summed E-state index contributed by atoms with van der Waals surface area (Å²) < 4.78 is 0. The first-order valence-electron chi connectivity index (χ1n) is 7.52. The average Bonchev–Trinajstić information content (AvgIpc) is 2.47. The van der Waals surface area contributed by atoms with Crippen LogP contribution < -0.4 is 10.6 Å². The molecule has 0 unspecified atom stereocenters. The van der Waals surface area contributed by atoms with E-state index >= 15 is 0 Å². The minimum atomic E-state index is -0.0463. The number of phenols is 1. The van der Waals surface area contributed by atoms with Crippen LogP contribution in [0.3, 0.4) is 0 Å². The Balaban J connectivity index is 1.77. The van der Waals surface area contributed by atoms with Crippen molar-refractivity contribution in [3.05, 3.63) is 29.8 Å². The number of rotatable bonds is 5. The third kappa shape index (κ3) is 4.23. The quantitative estimate of drug-likeness (QED) is 0.774. The van der Waals surface area contributed by atoms with Crippen LogP contribution in [0.1, 0.15) is 49.4 Å². The van der Waals surface area contributed by atoms with Gasteiger partial charge in [0.05, 0.1) is 0 Å². The molecule has 0 saturated heterocycles. The van der Waals surface area contributed by atoms with Crippen molar-refractivity contribution in [1.29, 1.82) is 0 Å². The second kappa shape index (κ2) is 7.29. The number of nitrogens with one attached hydrogen (secondary N) is 2. The zero-order valence-electron chi connectivity index (χ0n) is 12.1. The van der Waals surface area contributed by atoms with Gasteiger partial charge in [0.25, 0.3) is 5.91 Å². The zero-order chi connectivity index (χ0) is 14.4. The van der Waals surface area contributed by atoms with Gasteiger partial charge in [-0.25, -0.2) is 0 Å². The predicted octanol–water partition coefficient (Wildman–Crippen LogP) is 2.43. The van der Waals surface area contributed by atoms with E-state index in [2.05, 4.69) is 17.6 Å². The number of hydrogen-bond donors (Lipinski definition) is 3. The molecule has 110 valence electrons. The van der Waals surface area contributed by atoms with E-state index in [9.17, 15) is 9.90 Å². The number of hydrogen-bond acceptors (Lipinski definition) is 3. The van der Waals surface area contributed by atoms with Gasteiger partial charge in [0, 0.05) is 17.6 Å². The van der Waals surface area contributed by atoms with Crippen LogP contribution >= 0.6 is 0 Å². The van der Waals surface area contributed by atoms with Crippen LogP contribution in [0.5, 0.6) is 5.75 Å². The summed E-state index contributed by atoms with van der Waals surface area (Å²) >= 11 is 0. The largest absolute Gasteiger partial charge is 0.508 e. The fraction of sp³-hybridized carbons (Fsp3) is 0.562. The minimum absolute atomic E-state index is 0.0463. The fourth-order valence-corrected chi connectivity index (χ4v) is 2.67. The lowest BCUT2D eigenvalue weighted by atomic mass is 9.91. The lowest BCUT2D eigenvalue weighted by molar-refractivity contribution is 0.0924. The van der Waals surface area contributed by atoms with E-state index in [-0.39, 0.29) is 17.7 Å². The Bertz CT molecular complexity index is 423. The van der Waals surface area contributed by atoms with Crippen molar-refractivity contribution >= 4 is 5.91 Å². The Morgan fingerprint density at radius 2 is 1.75 bits per heavy atom. The lowest BCUT2D eigenvalue weighted by Crippen LogP contribution is -2.42. The molecule has 1 aromatic carbocycles. The first-order valence-corrected chi connectivity index (χ1v) is 7.52. The van der Waals surface area contributed by atoms with E-state index in [0.29, 0.717) is 11.6 Å². The van der Waals surface area contributed by atoms with Crippen LogP contribution in [0.2, 0.25) is 0 Å². The van der Waals surface area contributed by atoms with Crippen LogP contribution in [0.25, 0.3) is 0 Å². The van der Waals surface area contributed by atoms with Gasteiger partial charge in [-0.3, -0.25) is 4.79 Å². The van der Waals surface area contributed by atoms with Crippen molar-refractivity contribution < 1.29 is 9.90 Å². The van der Waals surface area contributed by atoms with Gasteiger partial charge in [-0.05, 0) is 62.9 Å². The summed E-state index contributed by atoms with van der Waals surface area (Å²) in [5, 5.41) is 15.8. The molecule has 0 aliphatic heterocycles. The first-order chi connectivity index (χ1) is 9.69. The molecule has 0 spiro atoms. The van der Waals surface area contributed by atoms with E-state index in [1.54, 1.807) is 24.3 Å². The smallest absolute Gasteiger partial charge is 0.251 e. The monoisotopic (exact) mass is 276 g/mol. The molecular formula is C16H24N2O2. The van der Waals surface area contributed by atoms with Crippen molar-refractivity contribution in [3.63, 3.8) is 0 Å². The van der Waals surface area contributed by atoms with Crippen molar-refractivity contribution in [1.82, 2.24) is 10.6 Å². The maximum Gasteiger partial charge on any atom is 0.251 e. The molecule has 0 atom stereocenters. The number of aromatic hydroxyl groups is 1. The van der Waals surface area contributed by atoms with E-state index < -0.39 is 0 Å². The summed E-state index contributed by atoms with van der Waals surface area (Å²) in [6.07, 6.45) is 5.48. The summed E-state index contributed by atoms with van der Waals surface area (Å²) in [7, 11) is 0. The second-order valence-electron chi connectivity index (χ2n) is 5.52. The third-order valence-electron chi connectivity index (χ3n) is 3.87. The van der Waals surface area contributed by atoms with Crippen LogP contribution in [0.15, 0.2) is 24.3 Å². The van der Waals surface area contributed by atoms with Gasteiger partial charge in [0.1, 0.15) is 5.75 Å². The summed E-state index contributed by atoms with van der Waals surface area (Å²) in [5.74, 6) is 0.138. The molecule has 1 fully saturated rings. The Morgan fingerprint density at radius 3 is 2.35 bits per heavy atom. The fourth-order valence-electron chi connectivity index (χ4n) is 2.67. The lowest BCUT2D eigenvalue weighted by Gasteiger charge is -2.29. The first kappa shape index (κ1) is 14.9. The molecule has 2 rings (SSSR count). The van der Waals surface area contributed by atoms with Crippen molar-refractivity contribution in [2.24, 2.45) is 0 Å². The van der Waals surface area contributed by atoms with Crippen LogP contribution in [-0.4, -0.2) is 29.6 Å². The Hall–Kier alpha value is -1.55. The van der Waals surface area contributed by atoms with E-state index in [1.165, 1.54) is 0 Å². The van der Waals surface area contributed by atoms with Crippen LogP contribution in [0, 0.1) is 0 Å². The third-order valence-corrected chi connectivity index (χ3v) is 3.87. The molecule has 1 aromatic rings. The maximum atomic E-state index is 12.1. The molecule has 1 aliphatic carbocycles. The number of benzene rings is 1. The highest BCUT2D eigenvalue weighted by molar-refractivity contribution is 5.94. The van der Waals surface area contributed by atoms with E-state index in [0.717, 1.165) is 38.6 Å². The summed E-state index contributed by atoms with van der Waals surface area (Å²) in [6.45, 7) is 3.26. The predicted molar refractivity (Wildman–Crippen MR) is 79.9 cm³/mol. The van der Waals surface area contributed by atoms with Gasteiger partial charge in [0.2, 0.25) is 0 Å². The molecule has 0 bridgehead atoms. The summed E-state index contributed by atoms with van der Waals surface area (Å²) in [5.41, 5.74) is 0.606. The topological polar surface area (TPSA) is 61.4 Å². The van der Waals surface area contributed by atoms with Crippen LogP contribution in [-0.2, 0) is 0 Å². The average molecular weight is 276 g/mol. The highest BCUT2D eigenvalue weighted by atomic mass is 16.3.